The Morgan fingerprint density at radius 2 is 1.51 bits per heavy atom. The number of fused-ring (bicyclic) bond motifs is 2. The molecular weight excluding hydrogens is 764 g/mol. The zero-order chi connectivity index (χ0) is 36.3. The minimum Gasteiger partial charge on any atom is -0.496 e. The van der Waals surface area contributed by atoms with Gasteiger partial charge >= 0.3 is 0 Å². The van der Waals surface area contributed by atoms with E-state index >= 15 is 0 Å². The molecule has 266 valence electrons. The highest BCUT2D eigenvalue weighted by Gasteiger charge is 2.27. The second-order valence-electron chi connectivity index (χ2n) is 10.8. The summed E-state index contributed by atoms with van der Waals surface area (Å²) < 4.78 is 69.7. The lowest BCUT2D eigenvalue weighted by Gasteiger charge is -2.17. The molecule has 0 aliphatic rings. The Labute approximate surface area is 306 Å². The number of benzene rings is 4. The van der Waals surface area contributed by atoms with Crippen LogP contribution in [0.15, 0.2) is 96.5 Å². The number of methoxy groups -OCH3 is 5. The van der Waals surface area contributed by atoms with Crippen LogP contribution in [0.5, 0.6) is 34.5 Å². The van der Waals surface area contributed by atoms with E-state index in [1.807, 2.05) is 0 Å². The topological polar surface area (TPSA) is 138 Å². The number of aromatic nitrogens is 2. The number of hydrogen-bond donors (Lipinski definition) is 0. The molecule has 0 fully saturated rings. The van der Waals surface area contributed by atoms with Crippen molar-refractivity contribution < 1.29 is 41.3 Å². The maximum Gasteiger partial charge on any atom is 0.271 e. The van der Waals surface area contributed by atoms with Crippen LogP contribution in [0.25, 0.3) is 33.3 Å². The van der Waals surface area contributed by atoms with E-state index in [9.17, 15) is 13.2 Å². The summed E-state index contributed by atoms with van der Waals surface area (Å²) in [6.07, 6.45) is 0.412. The summed E-state index contributed by atoms with van der Waals surface area (Å²) in [5.74, 6) is 2.21. The molecule has 0 spiro atoms. The number of para-hydroxylation sites is 2. The molecule has 6 rings (SSSR count). The molecule has 0 amide bonds. The maximum atomic E-state index is 14.2. The van der Waals surface area contributed by atoms with Crippen molar-refractivity contribution in [3.8, 4) is 45.8 Å². The third-order valence-electron chi connectivity index (χ3n) is 7.89. The lowest BCUT2D eigenvalue weighted by molar-refractivity contribution is 0.309. The SMILES string of the molecule is COc1cc(OC)c2c(=O)c(OCCCSc3nc4ccccc4n3S(=O)(=O)c3ccccc3Br)c(-c3cc(OC)c(OC)c(OC)c3)oc2c1. The molecule has 12 nitrogen and oxygen atoms in total. The predicted octanol–water partition coefficient (Wildman–Crippen LogP) is 7.41. The highest BCUT2D eigenvalue weighted by atomic mass is 79.9. The second-order valence-corrected chi connectivity index (χ2v) is 14.5. The second kappa shape index (κ2) is 15.2. The molecule has 0 bridgehead atoms. The minimum atomic E-state index is -4.01. The summed E-state index contributed by atoms with van der Waals surface area (Å²) in [5.41, 5.74) is 1.18. The van der Waals surface area contributed by atoms with Crippen LogP contribution >= 0.6 is 27.7 Å². The Balaban J connectivity index is 1.34. The maximum absolute atomic E-state index is 14.2. The minimum absolute atomic E-state index is 0.0611. The molecule has 0 saturated carbocycles. The van der Waals surface area contributed by atoms with Crippen molar-refractivity contribution in [3.05, 3.63) is 87.5 Å². The monoisotopic (exact) mass is 796 g/mol. The third kappa shape index (κ3) is 6.80. The van der Waals surface area contributed by atoms with Gasteiger partial charge in [0.2, 0.25) is 16.9 Å². The van der Waals surface area contributed by atoms with Crippen molar-refractivity contribution in [2.24, 2.45) is 0 Å². The van der Waals surface area contributed by atoms with Gasteiger partial charge in [0.15, 0.2) is 22.4 Å². The van der Waals surface area contributed by atoms with Gasteiger partial charge in [0.25, 0.3) is 10.0 Å². The van der Waals surface area contributed by atoms with E-state index in [-0.39, 0.29) is 39.7 Å². The first-order valence-electron chi connectivity index (χ1n) is 15.4. The smallest absolute Gasteiger partial charge is 0.271 e. The first-order chi connectivity index (χ1) is 24.7. The van der Waals surface area contributed by atoms with Crippen LogP contribution in [0.2, 0.25) is 0 Å². The fraction of sp³-hybridized carbons (Fsp3) is 0.222. The van der Waals surface area contributed by atoms with Gasteiger partial charge in [-0.15, -0.1) is 0 Å². The van der Waals surface area contributed by atoms with Crippen LogP contribution in [-0.4, -0.2) is 65.3 Å². The number of ether oxygens (including phenoxy) is 6. The molecule has 2 aromatic heterocycles. The summed E-state index contributed by atoms with van der Waals surface area (Å²) in [5, 5.41) is 0.471. The Bertz CT molecular complexity index is 2390. The summed E-state index contributed by atoms with van der Waals surface area (Å²) >= 11 is 4.64. The van der Waals surface area contributed by atoms with Gasteiger partial charge in [-0.1, -0.05) is 36.0 Å². The molecule has 0 aliphatic carbocycles. The van der Waals surface area contributed by atoms with Crippen LogP contribution in [0.1, 0.15) is 6.42 Å². The molecule has 0 radical (unpaired) electrons. The van der Waals surface area contributed by atoms with E-state index in [0.29, 0.717) is 61.4 Å². The quantitative estimate of drug-likeness (QED) is 0.0802. The summed E-state index contributed by atoms with van der Waals surface area (Å²) in [6.45, 7) is 0.0797. The Morgan fingerprint density at radius 1 is 0.824 bits per heavy atom. The highest BCUT2D eigenvalue weighted by Crippen LogP contribution is 2.44. The summed E-state index contributed by atoms with van der Waals surface area (Å²) in [6, 6.07) is 20.2. The number of halogens is 1. The average Bonchev–Trinajstić information content (AvgIpc) is 3.53. The fourth-order valence-corrected chi connectivity index (χ4v) is 9.10. The van der Waals surface area contributed by atoms with E-state index in [1.54, 1.807) is 72.8 Å². The normalized spacial score (nSPS) is 11.5. The molecule has 0 N–H and O–H groups in total. The van der Waals surface area contributed by atoms with Gasteiger partial charge in [-0.05, 0) is 58.7 Å². The van der Waals surface area contributed by atoms with Crippen molar-refractivity contribution in [3.63, 3.8) is 0 Å². The number of imidazole rings is 1. The zero-order valence-electron chi connectivity index (χ0n) is 28.2. The van der Waals surface area contributed by atoms with Gasteiger partial charge in [-0.2, -0.15) is 0 Å². The van der Waals surface area contributed by atoms with Gasteiger partial charge in [0.05, 0.1) is 53.2 Å². The van der Waals surface area contributed by atoms with E-state index in [2.05, 4.69) is 20.9 Å². The largest absolute Gasteiger partial charge is 0.496 e. The highest BCUT2D eigenvalue weighted by molar-refractivity contribution is 9.10. The summed E-state index contributed by atoms with van der Waals surface area (Å²) in [4.78, 5) is 18.9. The van der Waals surface area contributed by atoms with E-state index in [1.165, 1.54) is 51.3 Å². The van der Waals surface area contributed by atoms with Crippen molar-refractivity contribution in [1.29, 1.82) is 0 Å². The van der Waals surface area contributed by atoms with Gasteiger partial charge in [0, 0.05) is 27.9 Å². The van der Waals surface area contributed by atoms with Crippen LogP contribution in [0.3, 0.4) is 0 Å². The molecular formula is C36H33BrN2O10S2. The lowest BCUT2D eigenvalue weighted by Crippen LogP contribution is -2.15. The molecule has 15 heteroatoms. The molecule has 6 aromatic rings. The van der Waals surface area contributed by atoms with Crippen molar-refractivity contribution in [2.45, 2.75) is 16.5 Å². The van der Waals surface area contributed by atoms with E-state index in [0.717, 1.165) is 0 Å². The number of thioether (sulfide) groups is 1. The van der Waals surface area contributed by atoms with Gasteiger partial charge < -0.3 is 32.8 Å². The van der Waals surface area contributed by atoms with Gasteiger partial charge in [0.1, 0.15) is 27.4 Å². The van der Waals surface area contributed by atoms with E-state index in [4.69, 9.17) is 32.8 Å². The van der Waals surface area contributed by atoms with Crippen LogP contribution in [0, 0.1) is 0 Å². The molecule has 2 heterocycles. The Kier molecular flexibility index (Phi) is 10.7. The molecule has 0 atom stereocenters. The van der Waals surface area contributed by atoms with Crippen molar-refractivity contribution in [2.75, 3.05) is 47.9 Å². The number of rotatable bonds is 14. The first-order valence-corrected chi connectivity index (χ1v) is 18.6. The molecule has 4 aromatic carbocycles. The summed E-state index contributed by atoms with van der Waals surface area (Å²) in [7, 11) is 3.40. The lowest BCUT2D eigenvalue weighted by atomic mass is 10.1. The van der Waals surface area contributed by atoms with Crippen molar-refractivity contribution in [1.82, 2.24) is 8.96 Å². The van der Waals surface area contributed by atoms with Gasteiger partial charge in [-0.3, -0.25) is 4.79 Å². The average molecular weight is 798 g/mol. The standard InChI is InChI=1S/C36H33BrN2O10S2/c1-43-22-19-26(44-2)31-27(20-22)49-33(21-17-28(45-3)34(47-5)29(18-21)46-4)35(32(31)40)48-15-10-16-50-36-38-24-12-7-8-13-25(24)39(36)51(41,42)30-14-9-6-11-23(30)37/h6-9,11-14,17-20H,10,15-16H2,1-5H3. The Hall–Kier alpha value is -4.86. The zero-order valence-corrected chi connectivity index (χ0v) is 31.4. The van der Waals surface area contributed by atoms with Gasteiger partial charge in [-0.25, -0.2) is 17.4 Å². The van der Waals surface area contributed by atoms with Crippen molar-refractivity contribution >= 4 is 59.7 Å². The van der Waals surface area contributed by atoms with Crippen LogP contribution < -0.4 is 33.8 Å². The fourth-order valence-electron chi connectivity index (χ4n) is 5.51. The molecule has 0 aliphatic heterocycles. The number of hydrogen-bond acceptors (Lipinski definition) is 12. The van der Waals surface area contributed by atoms with Crippen LogP contribution in [0.4, 0.5) is 0 Å². The number of nitrogens with zero attached hydrogens (tertiary/aromatic N) is 2. The first kappa shape index (κ1) is 35.9. The van der Waals surface area contributed by atoms with E-state index < -0.39 is 15.5 Å². The Morgan fingerprint density at radius 3 is 2.18 bits per heavy atom. The molecule has 51 heavy (non-hydrogen) atoms. The third-order valence-corrected chi connectivity index (χ3v) is 11.7. The van der Waals surface area contributed by atoms with Crippen LogP contribution in [-0.2, 0) is 10.0 Å². The molecule has 0 saturated heterocycles. The molecule has 0 unspecified atom stereocenters. The predicted molar refractivity (Wildman–Crippen MR) is 198 cm³/mol.